The lowest BCUT2D eigenvalue weighted by atomic mass is 10.1. The van der Waals surface area contributed by atoms with Gasteiger partial charge in [0.15, 0.2) is 0 Å². The number of hydrogen-bond donors (Lipinski definition) is 2. The van der Waals surface area contributed by atoms with Crippen LogP contribution in [0.25, 0.3) is 11.3 Å². The maximum absolute atomic E-state index is 12.1. The first kappa shape index (κ1) is 17.1. The number of amides is 2. The minimum absolute atomic E-state index is 0.0626. The van der Waals surface area contributed by atoms with Crippen molar-refractivity contribution in [2.75, 3.05) is 13.1 Å². The summed E-state index contributed by atoms with van der Waals surface area (Å²) in [6.45, 7) is 6.31. The summed E-state index contributed by atoms with van der Waals surface area (Å²) >= 11 is 1.54. The van der Waals surface area contributed by atoms with E-state index in [2.05, 4.69) is 15.6 Å². The third kappa shape index (κ3) is 5.17. The number of carbonyl (C=O) groups excluding carboxylic acids is 2. The molecule has 0 fully saturated rings. The molecule has 0 atom stereocenters. The van der Waals surface area contributed by atoms with E-state index in [9.17, 15) is 9.59 Å². The number of nitrogens with zero attached hydrogens (tertiary/aromatic N) is 1. The summed E-state index contributed by atoms with van der Waals surface area (Å²) in [6, 6.07) is 8.15. The average Bonchev–Trinajstić information content (AvgIpc) is 2.85. The van der Waals surface area contributed by atoms with Crippen LogP contribution in [0.4, 0.5) is 0 Å². The molecule has 6 heteroatoms. The lowest BCUT2D eigenvalue weighted by Gasteiger charge is -2.06. The Labute approximate surface area is 140 Å². The first-order valence-electron chi connectivity index (χ1n) is 7.50. The molecule has 0 spiro atoms. The van der Waals surface area contributed by atoms with Crippen LogP contribution in [0.5, 0.6) is 0 Å². The van der Waals surface area contributed by atoms with Gasteiger partial charge in [0.1, 0.15) is 0 Å². The molecule has 0 aliphatic heterocycles. The predicted molar refractivity (Wildman–Crippen MR) is 92.4 cm³/mol. The zero-order valence-electron chi connectivity index (χ0n) is 13.6. The summed E-state index contributed by atoms with van der Waals surface area (Å²) < 4.78 is 0. The Morgan fingerprint density at radius 3 is 2.39 bits per heavy atom. The number of aryl methyl sites for hydroxylation is 2. The fourth-order valence-electron chi connectivity index (χ4n) is 2.17. The van der Waals surface area contributed by atoms with E-state index in [-0.39, 0.29) is 11.8 Å². The zero-order chi connectivity index (χ0) is 16.8. The van der Waals surface area contributed by atoms with Gasteiger partial charge in [0, 0.05) is 30.5 Å². The molecule has 1 aromatic carbocycles. The lowest BCUT2D eigenvalue weighted by Crippen LogP contribution is -2.34. The molecule has 2 N–H and O–H groups in total. The second kappa shape index (κ2) is 7.87. The van der Waals surface area contributed by atoms with Crippen molar-refractivity contribution in [3.63, 3.8) is 0 Å². The van der Waals surface area contributed by atoms with E-state index in [1.807, 2.05) is 38.1 Å². The molecular formula is C17H21N3O2S. The molecule has 0 saturated heterocycles. The summed E-state index contributed by atoms with van der Waals surface area (Å²) in [4.78, 5) is 28.4. The van der Waals surface area contributed by atoms with Gasteiger partial charge in [-0.25, -0.2) is 4.98 Å². The number of carbonyl (C=O) groups is 2. The molecule has 2 aromatic rings. The maximum Gasteiger partial charge on any atom is 0.225 e. The van der Waals surface area contributed by atoms with Crippen LogP contribution < -0.4 is 10.6 Å². The molecule has 0 unspecified atom stereocenters. The van der Waals surface area contributed by atoms with Crippen molar-refractivity contribution >= 4 is 23.2 Å². The van der Waals surface area contributed by atoms with Crippen molar-refractivity contribution < 1.29 is 9.59 Å². The van der Waals surface area contributed by atoms with Crippen LogP contribution in [0.2, 0.25) is 0 Å². The Balaban J connectivity index is 2.01. The summed E-state index contributed by atoms with van der Waals surface area (Å²) in [5, 5.41) is 6.40. The molecule has 0 saturated carbocycles. The molecule has 5 nitrogen and oxygen atoms in total. The molecule has 2 amide bonds. The molecule has 23 heavy (non-hydrogen) atoms. The standard InChI is InChI=1S/C17H21N3O2S/c1-11-4-6-14(7-5-11)17-15(23-13(3)20-17)10-16(22)19-9-8-18-12(2)21/h4-7H,8-10H2,1-3H3,(H,18,21)(H,19,22). The topological polar surface area (TPSA) is 71.1 Å². The summed E-state index contributed by atoms with van der Waals surface area (Å²) in [7, 11) is 0. The number of thiazole rings is 1. The molecule has 1 aromatic heterocycles. The molecule has 0 aliphatic carbocycles. The number of aromatic nitrogens is 1. The van der Waals surface area contributed by atoms with Crippen LogP contribution >= 0.6 is 11.3 Å². The molecule has 0 bridgehead atoms. The van der Waals surface area contributed by atoms with E-state index in [0.29, 0.717) is 19.5 Å². The summed E-state index contributed by atoms with van der Waals surface area (Å²) in [5.74, 6) is -0.161. The maximum atomic E-state index is 12.1. The third-order valence-corrected chi connectivity index (χ3v) is 4.24. The number of hydrogen-bond acceptors (Lipinski definition) is 4. The fraction of sp³-hybridized carbons (Fsp3) is 0.353. The van der Waals surface area contributed by atoms with Gasteiger partial charge in [-0.05, 0) is 13.8 Å². The highest BCUT2D eigenvalue weighted by atomic mass is 32.1. The van der Waals surface area contributed by atoms with Gasteiger partial charge in [0.05, 0.1) is 17.1 Å². The fourth-order valence-corrected chi connectivity index (χ4v) is 3.13. The van der Waals surface area contributed by atoms with E-state index in [4.69, 9.17) is 0 Å². The summed E-state index contributed by atoms with van der Waals surface area (Å²) in [5.41, 5.74) is 3.10. The van der Waals surface area contributed by atoms with Crippen molar-refractivity contribution in [2.45, 2.75) is 27.2 Å². The minimum atomic E-state index is -0.0982. The minimum Gasteiger partial charge on any atom is -0.355 e. The van der Waals surface area contributed by atoms with E-state index in [1.54, 1.807) is 11.3 Å². The average molecular weight is 331 g/mol. The smallest absolute Gasteiger partial charge is 0.225 e. The quantitative estimate of drug-likeness (QED) is 0.797. The lowest BCUT2D eigenvalue weighted by molar-refractivity contribution is -0.121. The molecule has 122 valence electrons. The predicted octanol–water partition coefficient (Wildman–Crippen LogP) is 2.22. The van der Waals surface area contributed by atoms with E-state index in [1.165, 1.54) is 12.5 Å². The van der Waals surface area contributed by atoms with E-state index >= 15 is 0 Å². The van der Waals surface area contributed by atoms with Crippen molar-refractivity contribution in [3.8, 4) is 11.3 Å². The molecule has 0 radical (unpaired) electrons. The highest BCUT2D eigenvalue weighted by molar-refractivity contribution is 7.12. The Morgan fingerprint density at radius 1 is 1.09 bits per heavy atom. The second-order valence-corrected chi connectivity index (χ2v) is 6.67. The number of benzene rings is 1. The zero-order valence-corrected chi connectivity index (χ0v) is 14.4. The molecular weight excluding hydrogens is 310 g/mol. The molecule has 2 rings (SSSR count). The van der Waals surface area contributed by atoms with Gasteiger partial charge in [0.25, 0.3) is 0 Å². The first-order valence-corrected chi connectivity index (χ1v) is 8.32. The highest BCUT2D eigenvalue weighted by Crippen LogP contribution is 2.28. The number of nitrogens with one attached hydrogen (secondary N) is 2. The van der Waals surface area contributed by atoms with Gasteiger partial charge < -0.3 is 10.6 Å². The van der Waals surface area contributed by atoms with Gasteiger partial charge >= 0.3 is 0 Å². The Kier molecular flexibility index (Phi) is 5.87. The SMILES string of the molecule is CC(=O)NCCNC(=O)Cc1sc(C)nc1-c1ccc(C)cc1. The van der Waals surface area contributed by atoms with Crippen molar-refractivity contribution in [1.29, 1.82) is 0 Å². The molecule has 1 heterocycles. The Bertz CT molecular complexity index is 692. The Morgan fingerprint density at radius 2 is 1.74 bits per heavy atom. The van der Waals surface area contributed by atoms with Gasteiger partial charge in [-0.2, -0.15) is 0 Å². The number of rotatable bonds is 6. The first-order chi connectivity index (χ1) is 11.0. The Hall–Kier alpha value is -2.21. The van der Waals surface area contributed by atoms with Crippen LogP contribution in [0, 0.1) is 13.8 Å². The van der Waals surface area contributed by atoms with Crippen LogP contribution in [-0.4, -0.2) is 29.9 Å². The second-order valence-electron chi connectivity index (χ2n) is 5.38. The van der Waals surface area contributed by atoms with Crippen LogP contribution in [-0.2, 0) is 16.0 Å². The normalized spacial score (nSPS) is 10.4. The van der Waals surface area contributed by atoms with Crippen LogP contribution in [0.3, 0.4) is 0 Å². The van der Waals surface area contributed by atoms with Gasteiger partial charge in [-0.15, -0.1) is 11.3 Å². The monoisotopic (exact) mass is 331 g/mol. The van der Waals surface area contributed by atoms with Crippen LogP contribution in [0.15, 0.2) is 24.3 Å². The third-order valence-electron chi connectivity index (χ3n) is 3.27. The van der Waals surface area contributed by atoms with Crippen molar-refractivity contribution in [1.82, 2.24) is 15.6 Å². The largest absolute Gasteiger partial charge is 0.355 e. The van der Waals surface area contributed by atoms with Crippen molar-refractivity contribution in [3.05, 3.63) is 39.7 Å². The van der Waals surface area contributed by atoms with Gasteiger partial charge in [0.2, 0.25) is 11.8 Å². The van der Waals surface area contributed by atoms with Crippen molar-refractivity contribution in [2.24, 2.45) is 0 Å². The van der Waals surface area contributed by atoms with Gasteiger partial charge in [-0.1, -0.05) is 29.8 Å². The van der Waals surface area contributed by atoms with Crippen LogP contribution in [0.1, 0.15) is 22.4 Å². The molecule has 0 aliphatic rings. The van der Waals surface area contributed by atoms with E-state index in [0.717, 1.165) is 21.1 Å². The van der Waals surface area contributed by atoms with E-state index < -0.39 is 0 Å². The summed E-state index contributed by atoms with van der Waals surface area (Å²) in [6.07, 6.45) is 0.300. The van der Waals surface area contributed by atoms with Gasteiger partial charge in [-0.3, -0.25) is 9.59 Å². The highest BCUT2D eigenvalue weighted by Gasteiger charge is 2.14.